The Labute approximate surface area is 128 Å². The molecule has 0 aromatic heterocycles. The van der Waals surface area contributed by atoms with Gasteiger partial charge in [-0.3, -0.25) is 9.59 Å². The number of carbonyl (C=O) groups excluding carboxylic acids is 2. The first-order valence-electron chi connectivity index (χ1n) is 8.24. The van der Waals surface area contributed by atoms with Crippen molar-refractivity contribution in [1.82, 2.24) is 10.2 Å². The number of hydrogen-bond donors (Lipinski definition) is 1. The Morgan fingerprint density at radius 3 is 2.29 bits per heavy atom. The molecule has 2 amide bonds. The molecule has 1 aliphatic heterocycles. The van der Waals surface area contributed by atoms with E-state index in [0.29, 0.717) is 24.4 Å². The molecule has 1 N–H and O–H groups in total. The van der Waals surface area contributed by atoms with Crippen LogP contribution in [-0.4, -0.2) is 35.3 Å². The Kier molecular flexibility index (Phi) is 4.36. The molecule has 4 heteroatoms. The van der Waals surface area contributed by atoms with Crippen LogP contribution in [0.2, 0.25) is 0 Å². The van der Waals surface area contributed by atoms with Gasteiger partial charge in [-0.2, -0.15) is 0 Å². The molecule has 0 atom stereocenters. The Balaban J connectivity index is 2.00. The average molecular weight is 294 g/mol. The fraction of sp³-hybridized carbons (Fsp3) is 0.882. The molecule has 21 heavy (non-hydrogen) atoms. The topological polar surface area (TPSA) is 49.4 Å². The number of rotatable bonds is 1. The zero-order valence-electron chi connectivity index (χ0n) is 14.2. The highest BCUT2D eigenvalue weighted by molar-refractivity contribution is 5.92. The summed E-state index contributed by atoms with van der Waals surface area (Å²) in [6.45, 7) is 11.8. The molecule has 1 heterocycles. The van der Waals surface area contributed by atoms with Gasteiger partial charge in [0.1, 0.15) is 5.54 Å². The Morgan fingerprint density at radius 1 is 1.19 bits per heavy atom. The van der Waals surface area contributed by atoms with Gasteiger partial charge in [0.25, 0.3) is 0 Å². The molecule has 0 aromatic rings. The summed E-state index contributed by atoms with van der Waals surface area (Å²) in [5, 5.41) is 2.85. The minimum atomic E-state index is -0.712. The minimum Gasteiger partial charge on any atom is -0.352 e. The van der Waals surface area contributed by atoms with Crippen LogP contribution >= 0.6 is 0 Å². The van der Waals surface area contributed by atoms with Gasteiger partial charge in [0.05, 0.1) is 0 Å². The molecule has 4 nitrogen and oxygen atoms in total. The van der Waals surface area contributed by atoms with Gasteiger partial charge in [0, 0.05) is 19.0 Å². The first kappa shape index (κ1) is 16.3. The summed E-state index contributed by atoms with van der Waals surface area (Å²) in [5.41, 5.74) is -0.380. The van der Waals surface area contributed by atoms with E-state index >= 15 is 0 Å². The summed E-state index contributed by atoms with van der Waals surface area (Å²) in [6, 6.07) is 0. The monoisotopic (exact) mass is 294 g/mol. The maximum absolute atomic E-state index is 12.8. The average Bonchev–Trinajstić information content (AvgIpc) is 2.40. The van der Waals surface area contributed by atoms with Crippen LogP contribution < -0.4 is 5.32 Å². The van der Waals surface area contributed by atoms with Crippen molar-refractivity contribution in [2.45, 2.75) is 65.8 Å². The lowest BCUT2D eigenvalue weighted by molar-refractivity contribution is -0.153. The molecule has 2 rings (SSSR count). The predicted molar refractivity (Wildman–Crippen MR) is 83.7 cm³/mol. The van der Waals surface area contributed by atoms with E-state index in [1.807, 2.05) is 13.8 Å². The van der Waals surface area contributed by atoms with Crippen LogP contribution in [0.15, 0.2) is 0 Å². The molecule has 0 bridgehead atoms. The van der Waals surface area contributed by atoms with Gasteiger partial charge in [-0.15, -0.1) is 0 Å². The van der Waals surface area contributed by atoms with Crippen LogP contribution in [0.4, 0.5) is 0 Å². The maximum atomic E-state index is 12.8. The predicted octanol–water partition coefficient (Wildman–Crippen LogP) is 2.58. The quantitative estimate of drug-likeness (QED) is 0.808. The van der Waals surface area contributed by atoms with Crippen LogP contribution in [0.25, 0.3) is 0 Å². The number of nitrogens with one attached hydrogen (secondary N) is 1. The van der Waals surface area contributed by atoms with Crippen molar-refractivity contribution in [3.05, 3.63) is 0 Å². The standard InChI is InChI=1S/C17H30N2O2/c1-16(2,3)13-8-6-12(7-9-13)14(20)19-11-10-18-15(21)17(19,4)5/h12-13H,6-11H2,1-5H3,(H,18,21). The molecule has 0 radical (unpaired) electrons. The van der Waals surface area contributed by atoms with E-state index in [4.69, 9.17) is 0 Å². The number of piperazine rings is 1. The fourth-order valence-corrected chi connectivity index (χ4v) is 3.71. The van der Waals surface area contributed by atoms with Crippen molar-refractivity contribution in [3.8, 4) is 0 Å². The van der Waals surface area contributed by atoms with E-state index in [0.717, 1.165) is 25.7 Å². The second kappa shape index (κ2) is 5.62. The summed E-state index contributed by atoms with van der Waals surface area (Å²) in [5.74, 6) is 0.959. The molecule has 1 saturated heterocycles. The van der Waals surface area contributed by atoms with Crippen molar-refractivity contribution >= 4 is 11.8 Å². The summed E-state index contributed by atoms with van der Waals surface area (Å²) >= 11 is 0. The molecule has 2 fully saturated rings. The number of amides is 2. The maximum Gasteiger partial charge on any atom is 0.245 e. The molecule has 0 unspecified atom stereocenters. The summed E-state index contributed by atoms with van der Waals surface area (Å²) in [7, 11) is 0. The van der Waals surface area contributed by atoms with Crippen LogP contribution in [0.3, 0.4) is 0 Å². The van der Waals surface area contributed by atoms with Gasteiger partial charge < -0.3 is 10.2 Å². The normalized spacial score (nSPS) is 30.0. The van der Waals surface area contributed by atoms with E-state index in [9.17, 15) is 9.59 Å². The highest BCUT2D eigenvalue weighted by Crippen LogP contribution is 2.40. The highest BCUT2D eigenvalue weighted by atomic mass is 16.2. The third-order valence-electron chi connectivity index (χ3n) is 5.42. The second-order valence-corrected chi connectivity index (χ2v) is 8.22. The Hall–Kier alpha value is -1.06. The van der Waals surface area contributed by atoms with Crippen LogP contribution in [0.1, 0.15) is 60.3 Å². The number of carbonyl (C=O) groups is 2. The van der Waals surface area contributed by atoms with Crippen molar-refractivity contribution in [2.24, 2.45) is 17.3 Å². The van der Waals surface area contributed by atoms with E-state index in [-0.39, 0.29) is 17.7 Å². The van der Waals surface area contributed by atoms with E-state index < -0.39 is 5.54 Å². The van der Waals surface area contributed by atoms with Gasteiger partial charge in [-0.05, 0) is 50.9 Å². The molecular formula is C17H30N2O2. The Bertz CT molecular complexity index is 415. The first-order valence-corrected chi connectivity index (χ1v) is 8.24. The molecule has 2 aliphatic rings. The minimum absolute atomic E-state index is 0.0366. The van der Waals surface area contributed by atoms with Crippen LogP contribution in [-0.2, 0) is 9.59 Å². The molecule has 0 aromatic carbocycles. The number of hydrogen-bond acceptors (Lipinski definition) is 2. The largest absolute Gasteiger partial charge is 0.352 e. The van der Waals surface area contributed by atoms with Crippen molar-refractivity contribution in [1.29, 1.82) is 0 Å². The molecular weight excluding hydrogens is 264 g/mol. The molecule has 1 saturated carbocycles. The van der Waals surface area contributed by atoms with Crippen LogP contribution in [0.5, 0.6) is 0 Å². The lowest BCUT2D eigenvalue weighted by Crippen LogP contribution is -2.64. The van der Waals surface area contributed by atoms with Gasteiger partial charge in [0.15, 0.2) is 0 Å². The van der Waals surface area contributed by atoms with E-state index in [2.05, 4.69) is 26.1 Å². The first-order chi connectivity index (χ1) is 9.64. The van der Waals surface area contributed by atoms with Gasteiger partial charge >= 0.3 is 0 Å². The van der Waals surface area contributed by atoms with Crippen molar-refractivity contribution in [3.63, 3.8) is 0 Å². The van der Waals surface area contributed by atoms with E-state index in [1.165, 1.54) is 0 Å². The third-order valence-corrected chi connectivity index (χ3v) is 5.42. The molecule has 0 spiro atoms. The van der Waals surface area contributed by atoms with Crippen molar-refractivity contribution in [2.75, 3.05) is 13.1 Å². The van der Waals surface area contributed by atoms with Gasteiger partial charge in [0.2, 0.25) is 11.8 Å². The molecule has 1 aliphatic carbocycles. The number of nitrogens with zero attached hydrogens (tertiary/aromatic N) is 1. The Morgan fingerprint density at radius 2 is 1.76 bits per heavy atom. The zero-order valence-corrected chi connectivity index (χ0v) is 14.2. The lowest BCUT2D eigenvalue weighted by atomic mass is 9.69. The lowest BCUT2D eigenvalue weighted by Gasteiger charge is -2.44. The molecule has 120 valence electrons. The fourth-order valence-electron chi connectivity index (χ4n) is 3.71. The van der Waals surface area contributed by atoms with Crippen molar-refractivity contribution < 1.29 is 9.59 Å². The summed E-state index contributed by atoms with van der Waals surface area (Å²) < 4.78 is 0. The second-order valence-electron chi connectivity index (χ2n) is 8.22. The van der Waals surface area contributed by atoms with E-state index in [1.54, 1.807) is 4.90 Å². The van der Waals surface area contributed by atoms with Crippen LogP contribution in [0, 0.1) is 17.3 Å². The van der Waals surface area contributed by atoms with Gasteiger partial charge in [-0.25, -0.2) is 0 Å². The zero-order chi connectivity index (χ0) is 15.8. The smallest absolute Gasteiger partial charge is 0.245 e. The summed E-state index contributed by atoms with van der Waals surface area (Å²) in [4.78, 5) is 26.6. The summed E-state index contributed by atoms with van der Waals surface area (Å²) in [6.07, 6.45) is 4.19. The van der Waals surface area contributed by atoms with Gasteiger partial charge in [-0.1, -0.05) is 20.8 Å². The third kappa shape index (κ3) is 3.24. The highest BCUT2D eigenvalue weighted by Gasteiger charge is 2.43. The SMILES string of the molecule is CC(C)(C)C1CCC(C(=O)N2CCNC(=O)C2(C)C)CC1.